The summed E-state index contributed by atoms with van der Waals surface area (Å²) in [4.78, 5) is 20.8. The molecule has 0 fully saturated rings. The SMILES string of the molecule is CCc1c(-c2ccc(C(=O)NC(C)C)nc2)cnc(N)c1-c1ccc(O)cc1. The van der Waals surface area contributed by atoms with Crippen LogP contribution in [-0.4, -0.2) is 27.0 Å². The van der Waals surface area contributed by atoms with Crippen molar-refractivity contribution in [3.63, 3.8) is 0 Å². The smallest absolute Gasteiger partial charge is 0.270 e. The van der Waals surface area contributed by atoms with Gasteiger partial charge in [0.2, 0.25) is 0 Å². The summed E-state index contributed by atoms with van der Waals surface area (Å²) >= 11 is 0. The van der Waals surface area contributed by atoms with Crippen molar-refractivity contribution in [1.82, 2.24) is 15.3 Å². The molecule has 0 aliphatic carbocycles. The number of phenols is 1. The first-order valence-electron chi connectivity index (χ1n) is 9.24. The summed E-state index contributed by atoms with van der Waals surface area (Å²) in [7, 11) is 0. The predicted molar refractivity (Wildman–Crippen MR) is 111 cm³/mol. The van der Waals surface area contributed by atoms with Gasteiger partial charge in [-0.25, -0.2) is 4.98 Å². The number of hydrogen-bond acceptors (Lipinski definition) is 5. The standard InChI is InChI=1S/C22H24N4O2/c1-4-17-18(15-7-10-19(24-11-15)22(28)26-13(2)3)12-25-21(23)20(17)14-5-8-16(27)9-6-14/h5-13,27H,4H2,1-3H3,(H2,23,25)(H,26,28). The van der Waals surface area contributed by atoms with Crippen molar-refractivity contribution in [2.24, 2.45) is 0 Å². The highest BCUT2D eigenvalue weighted by Crippen LogP contribution is 2.36. The molecule has 0 radical (unpaired) electrons. The second kappa shape index (κ2) is 8.08. The van der Waals surface area contributed by atoms with Crippen molar-refractivity contribution >= 4 is 11.7 Å². The Morgan fingerprint density at radius 2 is 1.75 bits per heavy atom. The molecule has 4 N–H and O–H groups in total. The number of hydrogen-bond donors (Lipinski definition) is 3. The van der Waals surface area contributed by atoms with Crippen LogP contribution in [0.5, 0.6) is 5.75 Å². The van der Waals surface area contributed by atoms with Crippen LogP contribution >= 0.6 is 0 Å². The van der Waals surface area contributed by atoms with Crippen LogP contribution in [0, 0.1) is 0 Å². The highest BCUT2D eigenvalue weighted by molar-refractivity contribution is 5.93. The molecule has 0 bridgehead atoms. The Labute approximate surface area is 164 Å². The lowest BCUT2D eigenvalue weighted by molar-refractivity contribution is 0.0938. The van der Waals surface area contributed by atoms with Crippen LogP contribution in [0.4, 0.5) is 5.82 Å². The fraction of sp³-hybridized carbons (Fsp3) is 0.227. The fourth-order valence-corrected chi connectivity index (χ4v) is 3.16. The molecule has 28 heavy (non-hydrogen) atoms. The molecule has 0 aliphatic heterocycles. The van der Waals surface area contributed by atoms with Crippen molar-refractivity contribution in [2.75, 3.05) is 5.73 Å². The van der Waals surface area contributed by atoms with Gasteiger partial charge in [-0.3, -0.25) is 9.78 Å². The summed E-state index contributed by atoms with van der Waals surface area (Å²) in [6, 6.07) is 10.5. The second-order valence-electron chi connectivity index (χ2n) is 6.87. The summed E-state index contributed by atoms with van der Waals surface area (Å²) in [5.41, 5.74) is 11.1. The summed E-state index contributed by atoms with van der Waals surface area (Å²) < 4.78 is 0. The number of benzene rings is 1. The normalized spacial score (nSPS) is 10.9. The first-order chi connectivity index (χ1) is 13.4. The quantitative estimate of drug-likeness (QED) is 0.629. The number of nitrogens with two attached hydrogens (primary N) is 1. The number of anilines is 1. The zero-order valence-electron chi connectivity index (χ0n) is 16.2. The Bertz CT molecular complexity index is 981. The minimum atomic E-state index is -0.197. The zero-order valence-corrected chi connectivity index (χ0v) is 16.2. The number of carbonyl (C=O) groups is 1. The van der Waals surface area contributed by atoms with Crippen LogP contribution in [0.1, 0.15) is 36.8 Å². The maximum Gasteiger partial charge on any atom is 0.270 e. The molecule has 1 aromatic carbocycles. The topological polar surface area (TPSA) is 101 Å². The van der Waals surface area contributed by atoms with Crippen molar-refractivity contribution < 1.29 is 9.90 Å². The number of nitrogens with one attached hydrogen (secondary N) is 1. The molecule has 2 aromatic heterocycles. The molecule has 0 unspecified atom stereocenters. The minimum absolute atomic E-state index is 0.0508. The number of rotatable bonds is 5. The summed E-state index contributed by atoms with van der Waals surface area (Å²) in [5, 5.41) is 12.4. The number of amides is 1. The molecule has 3 rings (SSSR count). The zero-order chi connectivity index (χ0) is 20.3. The number of nitrogens with zero attached hydrogens (tertiary/aromatic N) is 2. The van der Waals surface area contributed by atoms with E-state index in [9.17, 15) is 9.90 Å². The summed E-state index contributed by atoms with van der Waals surface area (Å²) in [6.45, 7) is 5.87. The minimum Gasteiger partial charge on any atom is -0.508 e. The van der Waals surface area contributed by atoms with E-state index in [0.29, 0.717) is 11.5 Å². The number of aromatic nitrogens is 2. The number of nitrogen functional groups attached to an aromatic ring is 1. The number of aromatic hydroxyl groups is 1. The van der Waals surface area contributed by atoms with E-state index in [1.807, 2.05) is 32.0 Å². The molecule has 144 valence electrons. The molecule has 1 amide bonds. The highest BCUT2D eigenvalue weighted by Gasteiger charge is 2.16. The first-order valence-corrected chi connectivity index (χ1v) is 9.24. The van der Waals surface area contributed by atoms with Crippen LogP contribution in [0.25, 0.3) is 22.3 Å². The maximum absolute atomic E-state index is 12.1. The van der Waals surface area contributed by atoms with E-state index in [1.54, 1.807) is 30.6 Å². The van der Waals surface area contributed by atoms with Gasteiger partial charge < -0.3 is 16.2 Å². The Balaban J connectivity index is 2.04. The van der Waals surface area contributed by atoms with E-state index in [1.165, 1.54) is 0 Å². The van der Waals surface area contributed by atoms with Gasteiger partial charge in [0, 0.05) is 35.1 Å². The van der Waals surface area contributed by atoms with E-state index in [4.69, 9.17) is 5.73 Å². The molecule has 0 aliphatic rings. The van der Waals surface area contributed by atoms with Crippen LogP contribution in [0.15, 0.2) is 48.8 Å². The Morgan fingerprint density at radius 1 is 1.07 bits per heavy atom. The fourth-order valence-electron chi connectivity index (χ4n) is 3.16. The average Bonchev–Trinajstić information content (AvgIpc) is 2.68. The van der Waals surface area contributed by atoms with Crippen molar-refractivity contribution in [3.05, 3.63) is 60.0 Å². The monoisotopic (exact) mass is 376 g/mol. The third kappa shape index (κ3) is 3.96. The van der Waals surface area contributed by atoms with E-state index in [0.717, 1.165) is 34.2 Å². The largest absolute Gasteiger partial charge is 0.508 e. The van der Waals surface area contributed by atoms with E-state index >= 15 is 0 Å². The highest BCUT2D eigenvalue weighted by atomic mass is 16.3. The molecule has 0 spiro atoms. The molecule has 2 heterocycles. The van der Waals surface area contributed by atoms with Gasteiger partial charge in [0.1, 0.15) is 17.3 Å². The van der Waals surface area contributed by atoms with Gasteiger partial charge in [-0.2, -0.15) is 0 Å². The van der Waals surface area contributed by atoms with Crippen LogP contribution in [0.3, 0.4) is 0 Å². The Hall–Kier alpha value is -3.41. The average molecular weight is 376 g/mol. The lowest BCUT2D eigenvalue weighted by atomic mass is 9.92. The summed E-state index contributed by atoms with van der Waals surface area (Å²) in [6.07, 6.45) is 4.17. The van der Waals surface area contributed by atoms with Crippen LogP contribution < -0.4 is 11.1 Å². The van der Waals surface area contributed by atoms with Gasteiger partial charge in [0.15, 0.2) is 0 Å². The third-order valence-electron chi connectivity index (χ3n) is 4.45. The number of carbonyl (C=O) groups excluding carboxylic acids is 1. The molecule has 6 nitrogen and oxygen atoms in total. The molecule has 0 saturated heterocycles. The van der Waals surface area contributed by atoms with Gasteiger partial charge in [-0.1, -0.05) is 25.1 Å². The van der Waals surface area contributed by atoms with Crippen molar-refractivity contribution in [1.29, 1.82) is 0 Å². The maximum atomic E-state index is 12.1. The van der Waals surface area contributed by atoms with E-state index < -0.39 is 0 Å². The first kappa shape index (κ1) is 19.4. The lowest BCUT2D eigenvalue weighted by Crippen LogP contribution is -2.30. The van der Waals surface area contributed by atoms with Gasteiger partial charge >= 0.3 is 0 Å². The van der Waals surface area contributed by atoms with Gasteiger partial charge in [0.05, 0.1) is 0 Å². The molecular weight excluding hydrogens is 352 g/mol. The van der Waals surface area contributed by atoms with Crippen molar-refractivity contribution in [3.8, 4) is 28.0 Å². The molecule has 0 saturated carbocycles. The summed E-state index contributed by atoms with van der Waals surface area (Å²) in [5.74, 6) is 0.439. The molecular formula is C22H24N4O2. The Kier molecular flexibility index (Phi) is 5.59. The lowest BCUT2D eigenvalue weighted by Gasteiger charge is -2.16. The van der Waals surface area contributed by atoms with Crippen LogP contribution in [0.2, 0.25) is 0 Å². The van der Waals surface area contributed by atoms with E-state index in [2.05, 4.69) is 22.2 Å². The third-order valence-corrected chi connectivity index (χ3v) is 4.45. The number of phenolic OH excluding ortho intramolecular Hbond substituents is 1. The Morgan fingerprint density at radius 3 is 2.32 bits per heavy atom. The van der Waals surface area contributed by atoms with Gasteiger partial charge in [-0.05, 0) is 49.6 Å². The van der Waals surface area contributed by atoms with Gasteiger partial charge in [0.25, 0.3) is 5.91 Å². The van der Waals surface area contributed by atoms with Crippen molar-refractivity contribution in [2.45, 2.75) is 33.2 Å². The van der Waals surface area contributed by atoms with E-state index in [-0.39, 0.29) is 17.7 Å². The molecule has 0 atom stereocenters. The number of pyridine rings is 2. The molecule has 6 heteroatoms. The second-order valence-corrected chi connectivity index (χ2v) is 6.87. The molecule has 3 aromatic rings. The van der Waals surface area contributed by atoms with Gasteiger partial charge in [-0.15, -0.1) is 0 Å². The predicted octanol–water partition coefficient (Wildman–Crippen LogP) is 3.80. The van der Waals surface area contributed by atoms with Crippen LogP contribution in [-0.2, 0) is 6.42 Å².